The number of thiophene rings is 1. The van der Waals surface area contributed by atoms with E-state index in [1.807, 2.05) is 11.3 Å². The zero-order valence-corrected chi connectivity index (χ0v) is 24.7. The first kappa shape index (κ1) is 25.1. The Hall–Kier alpha value is -5.44. The van der Waals surface area contributed by atoms with Crippen LogP contribution in [0.1, 0.15) is 0 Å². The third-order valence-electron chi connectivity index (χ3n) is 8.82. The van der Waals surface area contributed by atoms with Crippen LogP contribution in [0.25, 0.3) is 86.5 Å². The number of aromatic nitrogens is 1. The number of benzene rings is 7. The summed E-state index contributed by atoms with van der Waals surface area (Å²) in [7, 11) is 0. The number of fused-ring (bicyclic) bond motifs is 6. The lowest BCUT2D eigenvalue weighted by atomic mass is 9.94. The molecule has 1 nitrogen and oxygen atoms in total. The van der Waals surface area contributed by atoms with E-state index in [1.54, 1.807) is 0 Å². The molecule has 9 aromatic rings. The van der Waals surface area contributed by atoms with E-state index in [1.165, 1.54) is 81.0 Å². The van der Waals surface area contributed by atoms with E-state index in [0.29, 0.717) is 0 Å². The molecule has 0 saturated carbocycles. The Balaban J connectivity index is 1.14. The maximum atomic E-state index is 3.74. The van der Waals surface area contributed by atoms with Crippen LogP contribution in [0.4, 0.5) is 0 Å². The van der Waals surface area contributed by atoms with Gasteiger partial charge in [0.05, 0.1) is 5.52 Å². The molecule has 206 valence electrons. The highest BCUT2D eigenvalue weighted by atomic mass is 32.1. The van der Waals surface area contributed by atoms with Crippen molar-refractivity contribution in [3.63, 3.8) is 0 Å². The third kappa shape index (κ3) is 4.07. The molecule has 0 fully saturated rings. The summed E-state index contributed by atoms with van der Waals surface area (Å²) in [6, 6.07) is 57.4. The predicted molar refractivity (Wildman–Crippen MR) is 190 cm³/mol. The van der Waals surface area contributed by atoms with Gasteiger partial charge in [-0.05, 0) is 75.3 Å². The summed E-state index contributed by atoms with van der Waals surface area (Å²) in [4.78, 5) is 3.74. The van der Waals surface area contributed by atoms with Gasteiger partial charge in [-0.15, -0.1) is 11.3 Å². The van der Waals surface area contributed by atoms with Crippen LogP contribution in [0.15, 0.2) is 158 Å². The van der Waals surface area contributed by atoms with Crippen LogP contribution >= 0.6 is 11.3 Å². The van der Waals surface area contributed by atoms with Crippen LogP contribution in [-0.2, 0) is 0 Å². The molecule has 0 aliphatic carbocycles. The smallest absolute Gasteiger partial charge is 0.0544 e. The molecule has 7 aromatic carbocycles. The van der Waals surface area contributed by atoms with E-state index in [9.17, 15) is 0 Å². The highest BCUT2D eigenvalue weighted by Gasteiger charge is 2.14. The van der Waals surface area contributed by atoms with Crippen molar-refractivity contribution in [2.24, 2.45) is 0 Å². The topological polar surface area (TPSA) is 15.8 Å². The predicted octanol–water partition coefficient (Wildman–Crippen LogP) is 12.4. The second-order valence-corrected chi connectivity index (χ2v) is 12.5. The maximum Gasteiger partial charge on any atom is 0.0544 e. The van der Waals surface area contributed by atoms with Crippen molar-refractivity contribution in [2.45, 2.75) is 0 Å². The minimum atomic E-state index is 1.16. The van der Waals surface area contributed by atoms with Crippen LogP contribution in [0.2, 0.25) is 0 Å². The van der Waals surface area contributed by atoms with Gasteiger partial charge in [-0.3, -0.25) is 0 Å². The van der Waals surface area contributed by atoms with Crippen LogP contribution in [0.5, 0.6) is 0 Å². The molecule has 0 amide bonds. The monoisotopic (exact) mass is 577 g/mol. The van der Waals surface area contributed by atoms with Crippen molar-refractivity contribution in [1.82, 2.24) is 4.98 Å². The van der Waals surface area contributed by atoms with Crippen LogP contribution in [-0.4, -0.2) is 4.98 Å². The number of hydrogen-bond donors (Lipinski definition) is 1. The van der Waals surface area contributed by atoms with Crippen molar-refractivity contribution < 1.29 is 0 Å². The Labute approximate surface area is 259 Å². The minimum Gasteiger partial charge on any atom is -0.354 e. The van der Waals surface area contributed by atoms with Gasteiger partial charge in [-0.1, -0.05) is 121 Å². The van der Waals surface area contributed by atoms with E-state index < -0.39 is 0 Å². The molecule has 9 rings (SSSR count). The summed E-state index contributed by atoms with van der Waals surface area (Å²) in [6.07, 6.45) is 0. The van der Waals surface area contributed by atoms with E-state index in [4.69, 9.17) is 0 Å². The van der Waals surface area contributed by atoms with Gasteiger partial charge in [0.25, 0.3) is 0 Å². The highest BCUT2D eigenvalue weighted by Crippen LogP contribution is 2.41. The van der Waals surface area contributed by atoms with E-state index in [2.05, 4.69) is 163 Å². The molecular weight excluding hydrogens is 551 g/mol. The molecule has 2 heteroatoms. The normalized spacial score (nSPS) is 11.6. The second kappa shape index (κ2) is 10.1. The number of para-hydroxylation sites is 1. The summed E-state index contributed by atoms with van der Waals surface area (Å²) in [5.74, 6) is 0. The van der Waals surface area contributed by atoms with E-state index in [0.717, 1.165) is 5.52 Å². The largest absolute Gasteiger partial charge is 0.354 e. The number of aromatic amines is 1. The first-order valence-corrected chi connectivity index (χ1v) is 15.8. The summed E-state index contributed by atoms with van der Waals surface area (Å²) in [6.45, 7) is 0. The molecule has 1 N–H and O–H groups in total. The number of H-pyrrole nitrogens is 1. The molecule has 0 atom stereocenters. The first-order valence-electron chi connectivity index (χ1n) is 15.0. The van der Waals surface area contributed by atoms with Gasteiger partial charge in [0.1, 0.15) is 0 Å². The van der Waals surface area contributed by atoms with Gasteiger partial charge in [0, 0.05) is 42.0 Å². The standard InChI is InChI=1S/C42H27NS/c1-2-10-27(11-3-1)30-22-23-38-37(26-30)35-19-8-18-34(42(35)43-38)32-15-7-13-29(25-32)28-12-6-14-31(24-28)33-17-9-21-40-41(33)36-16-4-5-20-39(36)44-40/h1-26,43H. The van der Waals surface area contributed by atoms with Gasteiger partial charge in [0.2, 0.25) is 0 Å². The Kier molecular flexibility index (Phi) is 5.75. The van der Waals surface area contributed by atoms with Gasteiger partial charge in [-0.2, -0.15) is 0 Å². The molecule has 0 aliphatic heterocycles. The zero-order valence-electron chi connectivity index (χ0n) is 23.9. The van der Waals surface area contributed by atoms with Crippen LogP contribution in [0, 0.1) is 0 Å². The molecule has 0 bridgehead atoms. The Morgan fingerprint density at radius 3 is 1.80 bits per heavy atom. The fourth-order valence-electron chi connectivity index (χ4n) is 6.72. The Bertz CT molecular complexity index is 2500. The van der Waals surface area contributed by atoms with Crippen molar-refractivity contribution in [3.8, 4) is 44.5 Å². The number of rotatable bonds is 4. The zero-order chi connectivity index (χ0) is 29.0. The van der Waals surface area contributed by atoms with Crippen LogP contribution < -0.4 is 0 Å². The van der Waals surface area contributed by atoms with Crippen molar-refractivity contribution in [1.29, 1.82) is 0 Å². The quantitative estimate of drug-likeness (QED) is 0.214. The molecule has 0 unspecified atom stereocenters. The molecular formula is C42H27NS. The van der Waals surface area contributed by atoms with Crippen molar-refractivity contribution in [2.75, 3.05) is 0 Å². The van der Waals surface area contributed by atoms with Gasteiger partial charge >= 0.3 is 0 Å². The fraction of sp³-hybridized carbons (Fsp3) is 0. The van der Waals surface area contributed by atoms with Crippen LogP contribution in [0.3, 0.4) is 0 Å². The molecule has 0 spiro atoms. The summed E-state index contributed by atoms with van der Waals surface area (Å²) < 4.78 is 2.67. The minimum absolute atomic E-state index is 1.16. The third-order valence-corrected chi connectivity index (χ3v) is 9.96. The Morgan fingerprint density at radius 1 is 0.364 bits per heavy atom. The number of hydrogen-bond acceptors (Lipinski definition) is 1. The molecule has 44 heavy (non-hydrogen) atoms. The lowest BCUT2D eigenvalue weighted by Crippen LogP contribution is -1.85. The molecule has 2 heterocycles. The molecule has 0 radical (unpaired) electrons. The molecule has 0 saturated heterocycles. The average molecular weight is 578 g/mol. The summed E-state index contributed by atoms with van der Waals surface area (Å²) in [5, 5.41) is 5.18. The van der Waals surface area contributed by atoms with E-state index in [-0.39, 0.29) is 0 Å². The van der Waals surface area contributed by atoms with Gasteiger partial charge in [-0.25, -0.2) is 0 Å². The SMILES string of the molecule is c1ccc(-c2ccc3[nH]c4c(-c5cccc(-c6cccc(-c7cccc8sc9ccccc9c78)c6)c5)cccc4c3c2)cc1. The lowest BCUT2D eigenvalue weighted by molar-refractivity contribution is 1.53. The molecule has 0 aliphatic rings. The highest BCUT2D eigenvalue weighted by molar-refractivity contribution is 7.25. The van der Waals surface area contributed by atoms with Crippen molar-refractivity contribution in [3.05, 3.63) is 158 Å². The number of nitrogens with one attached hydrogen (secondary N) is 1. The fourth-order valence-corrected chi connectivity index (χ4v) is 7.85. The second-order valence-electron chi connectivity index (χ2n) is 11.4. The Morgan fingerprint density at radius 2 is 0.955 bits per heavy atom. The first-order chi connectivity index (χ1) is 21.8. The van der Waals surface area contributed by atoms with Gasteiger partial charge < -0.3 is 4.98 Å². The summed E-state index contributed by atoms with van der Waals surface area (Å²) >= 11 is 1.87. The van der Waals surface area contributed by atoms with Gasteiger partial charge in [0.15, 0.2) is 0 Å². The average Bonchev–Trinajstić information content (AvgIpc) is 3.67. The lowest BCUT2D eigenvalue weighted by Gasteiger charge is -2.10. The van der Waals surface area contributed by atoms with Crippen molar-refractivity contribution >= 4 is 53.3 Å². The van der Waals surface area contributed by atoms with E-state index >= 15 is 0 Å². The maximum absolute atomic E-state index is 3.74. The molecule has 2 aromatic heterocycles. The summed E-state index contributed by atoms with van der Waals surface area (Å²) in [5.41, 5.74) is 12.2.